The van der Waals surface area contributed by atoms with Crippen molar-refractivity contribution in [1.82, 2.24) is 19.4 Å². The predicted octanol–water partition coefficient (Wildman–Crippen LogP) is 8.49. The number of anilines is 1. The molecule has 7 nitrogen and oxygen atoms in total. The Labute approximate surface area is 265 Å². The number of thiophene rings is 1. The second kappa shape index (κ2) is 20.3. The fourth-order valence-electron chi connectivity index (χ4n) is 4.46. The third kappa shape index (κ3) is 12.1. The molecular weight excluding hydrogens is 554 g/mol. The summed E-state index contributed by atoms with van der Waals surface area (Å²) in [5.74, 6) is 1.11. The van der Waals surface area contributed by atoms with Gasteiger partial charge in [0.1, 0.15) is 11.0 Å². The Morgan fingerprint density at radius 2 is 1.56 bits per heavy atom. The summed E-state index contributed by atoms with van der Waals surface area (Å²) in [6, 6.07) is 5.48. The average Bonchev–Trinajstić information content (AvgIpc) is 3.37. The van der Waals surface area contributed by atoms with Crippen LogP contribution in [0.5, 0.6) is 0 Å². The van der Waals surface area contributed by atoms with Gasteiger partial charge in [0.05, 0.1) is 16.9 Å². The molecule has 0 bridgehead atoms. The number of carbonyl (C=O) groups is 1. The quantitative estimate of drug-likeness (QED) is 0.209. The molecule has 3 aromatic rings. The summed E-state index contributed by atoms with van der Waals surface area (Å²) >= 11 is 1.41. The number of benzene rings is 1. The maximum absolute atomic E-state index is 13.3. The monoisotopic (exact) mass is 613 g/mol. The number of fused-ring (bicyclic) bond motifs is 1. The highest BCUT2D eigenvalue weighted by molar-refractivity contribution is 7.17. The normalized spacial score (nSPS) is 10.9. The summed E-state index contributed by atoms with van der Waals surface area (Å²) in [6.07, 6.45) is 6.05. The highest BCUT2D eigenvalue weighted by Gasteiger charge is 2.19. The van der Waals surface area contributed by atoms with Crippen molar-refractivity contribution >= 4 is 33.1 Å². The minimum atomic E-state index is -0.0980. The number of nitrogens with zero attached hydrogens (tertiary/aromatic N) is 4. The molecule has 242 valence electrons. The minimum Gasteiger partial charge on any atom is -0.386 e. The van der Waals surface area contributed by atoms with Crippen molar-refractivity contribution in [2.45, 2.75) is 94.9 Å². The number of amides is 1. The number of carbonyl (C=O) groups excluding carboxylic acids is 1. The van der Waals surface area contributed by atoms with Gasteiger partial charge >= 0.3 is 0 Å². The molecule has 1 aromatic carbocycles. The van der Waals surface area contributed by atoms with Crippen LogP contribution in [0.4, 0.5) is 5.69 Å². The van der Waals surface area contributed by atoms with Crippen molar-refractivity contribution in [2.24, 2.45) is 11.8 Å². The Morgan fingerprint density at radius 1 is 0.977 bits per heavy atom. The summed E-state index contributed by atoms with van der Waals surface area (Å²) in [5, 5.41) is 5.11. The zero-order valence-electron chi connectivity index (χ0n) is 28.9. The first-order valence-electron chi connectivity index (χ1n) is 16.3. The van der Waals surface area contributed by atoms with Crippen LogP contribution in [0, 0.1) is 18.8 Å². The third-order valence-electron chi connectivity index (χ3n) is 7.10. The molecule has 3 rings (SSSR count). The van der Waals surface area contributed by atoms with E-state index in [0.29, 0.717) is 27.8 Å². The van der Waals surface area contributed by atoms with E-state index >= 15 is 0 Å². The third-order valence-corrected chi connectivity index (χ3v) is 8.18. The van der Waals surface area contributed by atoms with E-state index in [1.54, 1.807) is 17.9 Å². The van der Waals surface area contributed by atoms with E-state index in [1.165, 1.54) is 43.8 Å². The zero-order chi connectivity index (χ0) is 32.5. The molecule has 1 amide bonds. The summed E-state index contributed by atoms with van der Waals surface area (Å²) in [6.45, 7) is 26.7. The van der Waals surface area contributed by atoms with Crippen LogP contribution < -0.4 is 10.9 Å². The van der Waals surface area contributed by atoms with Crippen molar-refractivity contribution in [3.63, 3.8) is 0 Å². The maximum atomic E-state index is 13.3. The Hall–Kier alpha value is -2.71. The first-order valence-corrected chi connectivity index (χ1v) is 17.2. The lowest BCUT2D eigenvalue weighted by atomic mass is 10.1. The number of aryl methyl sites for hydroxylation is 1. The van der Waals surface area contributed by atoms with Crippen LogP contribution in [-0.4, -0.2) is 65.0 Å². The molecule has 0 saturated heterocycles. The van der Waals surface area contributed by atoms with Crippen LogP contribution in [0.3, 0.4) is 0 Å². The molecule has 0 spiro atoms. The average molecular weight is 614 g/mol. The van der Waals surface area contributed by atoms with Gasteiger partial charge in [-0.05, 0) is 86.8 Å². The molecule has 0 atom stereocenters. The van der Waals surface area contributed by atoms with E-state index in [1.807, 2.05) is 35.4 Å². The van der Waals surface area contributed by atoms with E-state index in [-0.39, 0.29) is 11.5 Å². The summed E-state index contributed by atoms with van der Waals surface area (Å²) in [5.41, 5.74) is 3.69. The van der Waals surface area contributed by atoms with Gasteiger partial charge in [0.25, 0.3) is 11.5 Å². The predicted molar refractivity (Wildman–Crippen MR) is 188 cm³/mol. The molecule has 0 aliphatic carbocycles. The van der Waals surface area contributed by atoms with Gasteiger partial charge in [-0.2, -0.15) is 0 Å². The standard InChI is InChI=1S/C25H34N4O2S.C7H17N.C3H8/c1-16(2)9-11-28(12-10-17(3)4)24(30)19-7-8-21(20(13-19)26-6)29-15-27-22-18(5)14-32-23(22)25(29)31;1-4-7-8(5-2)6-3;1-3-2/h7-8,13-17,26H,9-12H2,1-6H3;4-7H2,1-3H3;3H2,1-2H3. The van der Waals surface area contributed by atoms with Gasteiger partial charge in [0.15, 0.2) is 0 Å². The fraction of sp³-hybridized carbons (Fsp3) is 0.629. The van der Waals surface area contributed by atoms with Crippen molar-refractivity contribution in [1.29, 1.82) is 0 Å². The zero-order valence-corrected chi connectivity index (χ0v) is 29.7. The van der Waals surface area contributed by atoms with E-state index in [0.717, 1.165) is 42.7 Å². The minimum absolute atomic E-state index is 0.0316. The molecule has 0 aliphatic heterocycles. The van der Waals surface area contributed by atoms with Gasteiger partial charge in [-0.25, -0.2) is 4.98 Å². The molecule has 2 heterocycles. The van der Waals surface area contributed by atoms with Gasteiger partial charge < -0.3 is 15.1 Å². The lowest BCUT2D eigenvalue weighted by Crippen LogP contribution is -2.34. The van der Waals surface area contributed by atoms with Crippen LogP contribution in [-0.2, 0) is 0 Å². The SMILES string of the molecule is CCC.CCCN(CC)CC.CNc1cc(C(=O)N(CCC(C)C)CCC(C)C)ccc1-n1cnc2c(C)csc2c1=O. The Morgan fingerprint density at radius 3 is 2.02 bits per heavy atom. The van der Waals surface area contributed by atoms with Gasteiger partial charge in [0, 0.05) is 25.7 Å². The topological polar surface area (TPSA) is 70.5 Å². The van der Waals surface area contributed by atoms with E-state index in [9.17, 15) is 9.59 Å². The van der Waals surface area contributed by atoms with Crippen molar-refractivity contribution < 1.29 is 4.79 Å². The lowest BCUT2D eigenvalue weighted by Gasteiger charge is -2.25. The second-order valence-electron chi connectivity index (χ2n) is 11.9. The first-order chi connectivity index (χ1) is 20.5. The van der Waals surface area contributed by atoms with Crippen LogP contribution >= 0.6 is 11.3 Å². The van der Waals surface area contributed by atoms with E-state index in [2.05, 4.69) is 77.5 Å². The number of hydrogen-bond donors (Lipinski definition) is 1. The number of rotatable bonds is 13. The Bertz CT molecular complexity index is 1260. The molecule has 1 N–H and O–H groups in total. The summed E-state index contributed by atoms with van der Waals surface area (Å²) in [4.78, 5) is 35.3. The molecule has 2 aromatic heterocycles. The molecule has 0 radical (unpaired) electrons. The van der Waals surface area contributed by atoms with Gasteiger partial charge in [-0.1, -0.05) is 68.7 Å². The van der Waals surface area contributed by atoms with Gasteiger partial charge in [-0.15, -0.1) is 11.3 Å². The Kier molecular flexibility index (Phi) is 18.1. The molecule has 0 saturated carbocycles. The van der Waals surface area contributed by atoms with Crippen LogP contribution in [0.25, 0.3) is 15.9 Å². The molecule has 0 unspecified atom stereocenters. The summed E-state index contributed by atoms with van der Waals surface area (Å²) in [7, 11) is 1.80. The fourth-order valence-corrected chi connectivity index (χ4v) is 5.39. The van der Waals surface area contributed by atoms with Crippen molar-refractivity contribution in [3.05, 3.63) is 51.4 Å². The smallest absolute Gasteiger partial charge is 0.275 e. The number of hydrogen-bond acceptors (Lipinski definition) is 6. The summed E-state index contributed by atoms with van der Waals surface area (Å²) < 4.78 is 2.19. The maximum Gasteiger partial charge on any atom is 0.275 e. The highest BCUT2D eigenvalue weighted by atomic mass is 32.1. The van der Waals surface area contributed by atoms with E-state index < -0.39 is 0 Å². The first kappa shape index (κ1) is 38.3. The second-order valence-corrected chi connectivity index (χ2v) is 12.8. The van der Waals surface area contributed by atoms with Crippen molar-refractivity contribution in [2.75, 3.05) is 45.1 Å². The van der Waals surface area contributed by atoms with Gasteiger partial charge in [0.2, 0.25) is 0 Å². The van der Waals surface area contributed by atoms with Crippen LogP contribution in [0.1, 0.15) is 104 Å². The molecule has 43 heavy (non-hydrogen) atoms. The lowest BCUT2D eigenvalue weighted by molar-refractivity contribution is 0.0741. The molecule has 0 aliphatic rings. The van der Waals surface area contributed by atoms with E-state index in [4.69, 9.17) is 0 Å². The van der Waals surface area contributed by atoms with Crippen LogP contribution in [0.2, 0.25) is 0 Å². The van der Waals surface area contributed by atoms with Crippen molar-refractivity contribution in [3.8, 4) is 5.69 Å². The largest absolute Gasteiger partial charge is 0.386 e. The molecule has 8 heteroatoms. The number of aromatic nitrogens is 2. The molecule has 0 fully saturated rings. The van der Waals surface area contributed by atoms with Crippen LogP contribution in [0.15, 0.2) is 34.7 Å². The Balaban J connectivity index is 0.000000718. The highest BCUT2D eigenvalue weighted by Crippen LogP contribution is 2.25. The number of nitrogens with one attached hydrogen (secondary N) is 1. The van der Waals surface area contributed by atoms with Gasteiger partial charge in [-0.3, -0.25) is 14.2 Å². The molecular formula is C35H59N5O2S.